The summed E-state index contributed by atoms with van der Waals surface area (Å²) in [6, 6.07) is 10.9. The molecule has 1 aromatic carbocycles. The zero-order chi connectivity index (χ0) is 10.4. The molecule has 72 valence electrons. The van der Waals surface area contributed by atoms with Gasteiger partial charge in [0.2, 0.25) is 5.91 Å². The van der Waals surface area contributed by atoms with Crippen LogP contribution < -0.4 is 4.90 Å². The highest BCUT2D eigenvalue weighted by Gasteiger charge is 2.12. The maximum atomic E-state index is 11.3. The number of alkyl halides is 1. The second-order valence-electron chi connectivity index (χ2n) is 2.61. The maximum Gasteiger partial charge on any atom is 0.242 e. The Morgan fingerprint density at radius 2 is 2.07 bits per heavy atom. The van der Waals surface area contributed by atoms with Crippen LogP contribution in [0.1, 0.15) is 0 Å². The van der Waals surface area contributed by atoms with Crippen LogP contribution in [0.3, 0.4) is 0 Å². The van der Waals surface area contributed by atoms with E-state index in [-0.39, 0.29) is 18.3 Å². The van der Waals surface area contributed by atoms with Crippen LogP contribution in [-0.4, -0.2) is 18.3 Å². The van der Waals surface area contributed by atoms with E-state index < -0.39 is 0 Å². The number of amides is 1. The molecule has 1 amide bonds. The molecule has 0 bridgehead atoms. The number of carbonyl (C=O) groups is 1. The Bertz CT molecular complexity index is 345. The molecule has 3 nitrogen and oxygen atoms in total. The summed E-state index contributed by atoms with van der Waals surface area (Å²) >= 11 is 5.43. The number of rotatable bonds is 3. The van der Waals surface area contributed by atoms with E-state index in [1.165, 1.54) is 4.90 Å². The molecule has 0 aliphatic heterocycles. The monoisotopic (exact) mass is 208 g/mol. The lowest BCUT2D eigenvalue weighted by molar-refractivity contribution is -0.116. The van der Waals surface area contributed by atoms with Gasteiger partial charge in [0.05, 0.1) is 6.07 Å². The number of hydrogen-bond donors (Lipinski definition) is 0. The number of benzene rings is 1. The van der Waals surface area contributed by atoms with E-state index in [1.54, 1.807) is 24.3 Å². The van der Waals surface area contributed by atoms with Crippen molar-refractivity contribution in [1.29, 1.82) is 5.26 Å². The fourth-order valence-corrected chi connectivity index (χ4v) is 1.22. The quantitative estimate of drug-likeness (QED) is 0.562. The molecule has 0 atom stereocenters. The number of halogens is 1. The van der Waals surface area contributed by atoms with Crippen molar-refractivity contribution >= 4 is 23.2 Å². The zero-order valence-corrected chi connectivity index (χ0v) is 8.24. The molecule has 0 heterocycles. The van der Waals surface area contributed by atoms with Gasteiger partial charge in [-0.15, -0.1) is 11.6 Å². The minimum atomic E-state index is -0.264. The topological polar surface area (TPSA) is 44.1 Å². The van der Waals surface area contributed by atoms with Gasteiger partial charge >= 0.3 is 0 Å². The predicted molar refractivity (Wildman–Crippen MR) is 55.1 cm³/mol. The summed E-state index contributed by atoms with van der Waals surface area (Å²) < 4.78 is 0. The van der Waals surface area contributed by atoms with Crippen molar-refractivity contribution in [2.45, 2.75) is 0 Å². The van der Waals surface area contributed by atoms with Crippen LogP contribution in [0, 0.1) is 11.3 Å². The Morgan fingerprint density at radius 1 is 1.43 bits per heavy atom. The van der Waals surface area contributed by atoms with Gasteiger partial charge in [-0.3, -0.25) is 9.69 Å². The Kier molecular flexibility index (Phi) is 3.96. The molecule has 0 spiro atoms. The Hall–Kier alpha value is -1.53. The highest BCUT2D eigenvalue weighted by atomic mass is 35.5. The molecule has 0 aliphatic carbocycles. The van der Waals surface area contributed by atoms with E-state index in [9.17, 15) is 4.79 Å². The fourth-order valence-electron chi connectivity index (χ4n) is 1.07. The van der Waals surface area contributed by atoms with Crippen LogP contribution in [0.25, 0.3) is 0 Å². The smallest absolute Gasteiger partial charge is 0.242 e. The minimum Gasteiger partial charge on any atom is -0.298 e. The second-order valence-corrected chi connectivity index (χ2v) is 2.87. The standard InChI is InChI=1S/C10H9ClN2O/c11-8-10(14)13(7-6-12)9-4-2-1-3-5-9/h1-5H,7-8H2. The molecule has 1 aromatic rings. The van der Waals surface area contributed by atoms with E-state index in [4.69, 9.17) is 16.9 Å². The molecule has 0 unspecified atom stereocenters. The third-order valence-electron chi connectivity index (χ3n) is 1.71. The lowest BCUT2D eigenvalue weighted by Crippen LogP contribution is -2.32. The van der Waals surface area contributed by atoms with E-state index >= 15 is 0 Å². The Balaban J connectivity index is 2.90. The van der Waals surface area contributed by atoms with E-state index in [0.29, 0.717) is 5.69 Å². The van der Waals surface area contributed by atoms with Crippen LogP contribution >= 0.6 is 11.6 Å². The van der Waals surface area contributed by atoms with Gasteiger partial charge in [0.1, 0.15) is 12.4 Å². The summed E-state index contributed by atoms with van der Waals surface area (Å²) in [5.74, 6) is -0.379. The van der Waals surface area contributed by atoms with Crippen LogP contribution in [0.4, 0.5) is 5.69 Å². The first-order valence-electron chi connectivity index (χ1n) is 4.08. The zero-order valence-electron chi connectivity index (χ0n) is 7.48. The Morgan fingerprint density at radius 3 is 2.57 bits per heavy atom. The molecular weight excluding hydrogens is 200 g/mol. The number of carbonyl (C=O) groups excluding carboxylic acids is 1. The first kappa shape index (κ1) is 10.6. The minimum absolute atomic E-state index is 0.0234. The van der Waals surface area contributed by atoms with Gasteiger partial charge < -0.3 is 0 Å². The van der Waals surface area contributed by atoms with Gasteiger partial charge in [-0.05, 0) is 12.1 Å². The van der Waals surface area contributed by atoms with Crippen LogP contribution in [0.5, 0.6) is 0 Å². The summed E-state index contributed by atoms with van der Waals surface area (Å²) in [6.45, 7) is 0.0234. The van der Waals surface area contributed by atoms with Crippen molar-refractivity contribution in [3.8, 4) is 6.07 Å². The molecule has 0 radical (unpaired) electrons. The largest absolute Gasteiger partial charge is 0.298 e. The second kappa shape index (κ2) is 5.25. The van der Waals surface area contributed by atoms with Crippen LogP contribution in [0.15, 0.2) is 30.3 Å². The van der Waals surface area contributed by atoms with Crippen molar-refractivity contribution in [3.63, 3.8) is 0 Å². The van der Waals surface area contributed by atoms with E-state index in [1.807, 2.05) is 12.1 Å². The molecule has 4 heteroatoms. The number of hydrogen-bond acceptors (Lipinski definition) is 2. The summed E-state index contributed by atoms with van der Waals surface area (Å²) in [4.78, 5) is 12.7. The summed E-state index contributed by atoms with van der Waals surface area (Å²) in [6.07, 6.45) is 0. The van der Waals surface area contributed by atoms with Gasteiger partial charge in [-0.2, -0.15) is 5.26 Å². The SMILES string of the molecule is N#CCN(C(=O)CCl)c1ccccc1. The van der Waals surface area contributed by atoms with Crippen molar-refractivity contribution < 1.29 is 4.79 Å². The van der Waals surface area contributed by atoms with E-state index in [0.717, 1.165) is 0 Å². The lowest BCUT2D eigenvalue weighted by Gasteiger charge is -2.17. The number of nitrogens with zero attached hydrogens (tertiary/aromatic N) is 2. The van der Waals surface area contributed by atoms with E-state index in [2.05, 4.69) is 0 Å². The molecule has 0 aromatic heterocycles. The number of para-hydroxylation sites is 1. The highest BCUT2D eigenvalue weighted by molar-refractivity contribution is 6.29. The average Bonchev–Trinajstić information content (AvgIpc) is 2.26. The van der Waals surface area contributed by atoms with Crippen molar-refractivity contribution in [2.75, 3.05) is 17.3 Å². The predicted octanol–water partition coefficient (Wildman–Crippen LogP) is 1.78. The number of anilines is 1. The van der Waals surface area contributed by atoms with Crippen LogP contribution in [0.2, 0.25) is 0 Å². The molecule has 0 fully saturated rings. The number of nitriles is 1. The maximum absolute atomic E-state index is 11.3. The molecule has 1 rings (SSSR count). The molecule has 0 aliphatic rings. The molecule has 0 saturated carbocycles. The summed E-state index contributed by atoms with van der Waals surface area (Å²) in [5, 5.41) is 8.56. The fraction of sp³-hybridized carbons (Fsp3) is 0.200. The molecule has 0 N–H and O–H groups in total. The van der Waals surface area contributed by atoms with Crippen molar-refractivity contribution in [2.24, 2.45) is 0 Å². The first-order valence-corrected chi connectivity index (χ1v) is 4.61. The van der Waals surface area contributed by atoms with Crippen molar-refractivity contribution in [1.82, 2.24) is 0 Å². The van der Waals surface area contributed by atoms with Crippen LogP contribution in [-0.2, 0) is 4.79 Å². The van der Waals surface area contributed by atoms with Gasteiger partial charge in [-0.1, -0.05) is 18.2 Å². The molecule has 0 saturated heterocycles. The lowest BCUT2D eigenvalue weighted by atomic mass is 10.3. The summed E-state index contributed by atoms with van der Waals surface area (Å²) in [7, 11) is 0. The van der Waals surface area contributed by atoms with Gasteiger partial charge in [-0.25, -0.2) is 0 Å². The van der Waals surface area contributed by atoms with Gasteiger partial charge in [0.15, 0.2) is 0 Å². The normalized spacial score (nSPS) is 9.14. The third-order valence-corrected chi connectivity index (χ3v) is 1.94. The average molecular weight is 209 g/mol. The van der Waals surface area contributed by atoms with Gasteiger partial charge in [0, 0.05) is 5.69 Å². The van der Waals surface area contributed by atoms with Crippen molar-refractivity contribution in [3.05, 3.63) is 30.3 Å². The highest BCUT2D eigenvalue weighted by Crippen LogP contribution is 2.13. The molecular formula is C10H9ClN2O. The summed E-state index contributed by atoms with van der Waals surface area (Å²) in [5.41, 5.74) is 0.694. The van der Waals surface area contributed by atoms with Gasteiger partial charge in [0.25, 0.3) is 0 Å². The molecule has 14 heavy (non-hydrogen) atoms. The Labute approximate surface area is 87.5 Å². The third kappa shape index (κ3) is 2.48. The first-order chi connectivity index (χ1) is 6.79.